The third-order valence-corrected chi connectivity index (χ3v) is 7.11. The van der Waals surface area contributed by atoms with Gasteiger partial charge >= 0.3 is 0 Å². The minimum atomic E-state index is 0.0616. The highest BCUT2D eigenvalue weighted by atomic mass is 16.1. The number of nitrogens with zero attached hydrogens (tertiary/aromatic N) is 4. The standard InChI is InChI=1S/C28H32N6O/c1-19-14-20(11-12-30-19)28(21-6-5-13-34(18-21)22-9-10-27(29)31-16-22)32-17-23-15-26(35)24-7-3-4-8-25(24)33(23)2/h3-4,7-12,14-16,21,28,32H,5-6,13,17-18H2,1-2H3,(H2,29,31)/t21-,28?/m0/s1. The van der Waals surface area contributed by atoms with E-state index < -0.39 is 0 Å². The maximum absolute atomic E-state index is 12.8. The lowest BCUT2D eigenvalue weighted by atomic mass is 9.86. The van der Waals surface area contributed by atoms with E-state index in [0.717, 1.165) is 53.9 Å². The Balaban J connectivity index is 1.43. The van der Waals surface area contributed by atoms with Gasteiger partial charge in [0.15, 0.2) is 5.43 Å². The summed E-state index contributed by atoms with van der Waals surface area (Å²) in [6.07, 6.45) is 5.97. The van der Waals surface area contributed by atoms with Crippen LogP contribution in [0.5, 0.6) is 0 Å². The van der Waals surface area contributed by atoms with E-state index >= 15 is 0 Å². The molecule has 7 heteroatoms. The number of piperidine rings is 1. The van der Waals surface area contributed by atoms with Gasteiger partial charge in [0.2, 0.25) is 0 Å². The van der Waals surface area contributed by atoms with E-state index in [0.29, 0.717) is 18.3 Å². The van der Waals surface area contributed by atoms with E-state index in [1.165, 1.54) is 5.56 Å². The van der Waals surface area contributed by atoms with Crippen molar-refractivity contribution in [1.29, 1.82) is 0 Å². The third-order valence-electron chi connectivity index (χ3n) is 7.11. The summed E-state index contributed by atoms with van der Waals surface area (Å²) in [5.41, 5.74) is 11.1. The van der Waals surface area contributed by atoms with Crippen molar-refractivity contribution in [2.75, 3.05) is 23.7 Å². The monoisotopic (exact) mass is 468 g/mol. The highest BCUT2D eigenvalue weighted by molar-refractivity contribution is 5.79. The highest BCUT2D eigenvalue weighted by Crippen LogP contribution is 2.32. The van der Waals surface area contributed by atoms with Crippen LogP contribution >= 0.6 is 0 Å². The highest BCUT2D eigenvalue weighted by Gasteiger charge is 2.29. The SMILES string of the molecule is Cc1cc(C(NCc2cc(=O)c3ccccc3n2C)[C@H]2CCCN(c3ccc(N)nc3)C2)ccn1. The third kappa shape index (κ3) is 4.91. The predicted octanol–water partition coefficient (Wildman–Crippen LogP) is 3.97. The van der Waals surface area contributed by atoms with Gasteiger partial charge in [-0.25, -0.2) is 4.98 Å². The number of aromatic nitrogens is 3. The molecule has 0 bridgehead atoms. The summed E-state index contributed by atoms with van der Waals surface area (Å²) in [5.74, 6) is 0.927. The molecule has 1 aliphatic heterocycles. The summed E-state index contributed by atoms with van der Waals surface area (Å²) >= 11 is 0. The second-order valence-electron chi connectivity index (χ2n) is 9.45. The lowest BCUT2D eigenvalue weighted by Gasteiger charge is -2.39. The molecule has 4 aromatic rings. The molecule has 1 aliphatic rings. The van der Waals surface area contributed by atoms with Gasteiger partial charge < -0.3 is 20.5 Å². The van der Waals surface area contributed by atoms with E-state index in [1.807, 2.05) is 56.7 Å². The van der Waals surface area contributed by atoms with Crippen LogP contribution in [-0.2, 0) is 13.6 Å². The lowest BCUT2D eigenvalue weighted by Crippen LogP contribution is -2.41. The number of hydrogen-bond donors (Lipinski definition) is 2. The molecule has 0 saturated carbocycles. The first-order chi connectivity index (χ1) is 17.0. The number of rotatable bonds is 6. The van der Waals surface area contributed by atoms with Crippen LogP contribution in [0.15, 0.2) is 71.8 Å². The Hall–Kier alpha value is -3.71. The van der Waals surface area contributed by atoms with E-state index in [-0.39, 0.29) is 11.5 Å². The zero-order chi connectivity index (χ0) is 24.4. The fraction of sp³-hybridized carbons (Fsp3) is 0.321. The maximum atomic E-state index is 12.8. The normalized spacial score (nSPS) is 17.0. The molecule has 0 aliphatic carbocycles. The molecule has 0 spiro atoms. The van der Waals surface area contributed by atoms with E-state index in [4.69, 9.17) is 5.73 Å². The Kier molecular flexibility index (Phi) is 6.51. The molecule has 2 atom stereocenters. The summed E-state index contributed by atoms with van der Waals surface area (Å²) in [5, 5.41) is 4.56. The zero-order valence-corrected chi connectivity index (χ0v) is 20.3. The van der Waals surface area contributed by atoms with Gasteiger partial charge in [-0.1, -0.05) is 12.1 Å². The van der Waals surface area contributed by atoms with Crippen molar-refractivity contribution < 1.29 is 0 Å². The van der Waals surface area contributed by atoms with Gasteiger partial charge in [-0.05, 0) is 67.6 Å². The quantitative estimate of drug-likeness (QED) is 0.445. The molecule has 35 heavy (non-hydrogen) atoms. The average molecular weight is 469 g/mol. The summed E-state index contributed by atoms with van der Waals surface area (Å²) in [6.45, 7) is 4.55. The number of nitrogens with one attached hydrogen (secondary N) is 1. The van der Waals surface area contributed by atoms with Crippen LogP contribution in [0, 0.1) is 12.8 Å². The fourth-order valence-corrected chi connectivity index (χ4v) is 5.26. The molecule has 0 radical (unpaired) electrons. The molecule has 180 valence electrons. The number of fused-ring (bicyclic) bond motifs is 1. The second-order valence-corrected chi connectivity index (χ2v) is 9.45. The first-order valence-electron chi connectivity index (χ1n) is 12.2. The van der Waals surface area contributed by atoms with Gasteiger partial charge in [-0.3, -0.25) is 9.78 Å². The van der Waals surface area contributed by atoms with Crippen molar-refractivity contribution in [2.24, 2.45) is 13.0 Å². The minimum Gasteiger partial charge on any atom is -0.384 e. The molecule has 3 N–H and O–H groups in total. The predicted molar refractivity (Wildman–Crippen MR) is 141 cm³/mol. The van der Waals surface area contributed by atoms with Gasteiger partial charge in [0, 0.05) is 61.8 Å². The molecule has 5 rings (SSSR count). The Labute approximate surface area is 205 Å². The molecule has 1 saturated heterocycles. The minimum absolute atomic E-state index is 0.0616. The topological polar surface area (TPSA) is 89.1 Å². The van der Waals surface area contributed by atoms with Gasteiger partial charge in [0.25, 0.3) is 0 Å². The number of aryl methyl sites for hydroxylation is 2. The molecule has 3 aromatic heterocycles. The van der Waals surface area contributed by atoms with Crippen LogP contribution in [0.1, 0.15) is 35.8 Å². The molecular formula is C28H32N6O. The Morgan fingerprint density at radius 3 is 2.80 bits per heavy atom. The van der Waals surface area contributed by atoms with Crippen LogP contribution in [-0.4, -0.2) is 27.6 Å². The van der Waals surface area contributed by atoms with Gasteiger partial charge in [-0.2, -0.15) is 0 Å². The Bertz CT molecular complexity index is 1380. The van der Waals surface area contributed by atoms with Crippen LogP contribution < -0.4 is 21.4 Å². The fourth-order valence-electron chi connectivity index (χ4n) is 5.26. The first-order valence-corrected chi connectivity index (χ1v) is 12.2. The molecule has 1 fully saturated rings. The van der Waals surface area contributed by atoms with Crippen molar-refractivity contribution >= 4 is 22.4 Å². The van der Waals surface area contributed by atoms with Gasteiger partial charge in [0.05, 0.1) is 17.4 Å². The smallest absolute Gasteiger partial charge is 0.189 e. The van der Waals surface area contributed by atoms with Crippen molar-refractivity contribution in [3.05, 3.63) is 94.2 Å². The van der Waals surface area contributed by atoms with Crippen molar-refractivity contribution in [1.82, 2.24) is 19.9 Å². The largest absolute Gasteiger partial charge is 0.384 e. The summed E-state index contributed by atoms with van der Waals surface area (Å²) in [4.78, 5) is 23.9. The number of pyridine rings is 3. The van der Waals surface area contributed by atoms with Crippen LogP contribution in [0.2, 0.25) is 0 Å². The van der Waals surface area contributed by atoms with Crippen LogP contribution in [0.25, 0.3) is 10.9 Å². The number of nitrogen functional groups attached to an aromatic ring is 1. The van der Waals surface area contributed by atoms with Crippen LogP contribution in [0.4, 0.5) is 11.5 Å². The zero-order valence-electron chi connectivity index (χ0n) is 20.3. The van der Waals surface area contributed by atoms with Crippen LogP contribution in [0.3, 0.4) is 0 Å². The summed E-state index contributed by atoms with van der Waals surface area (Å²) in [7, 11) is 2.03. The Morgan fingerprint density at radius 1 is 1.14 bits per heavy atom. The second kappa shape index (κ2) is 9.88. The number of anilines is 2. The summed E-state index contributed by atoms with van der Waals surface area (Å²) in [6, 6.07) is 17.9. The molecule has 1 unspecified atom stereocenters. The first kappa shape index (κ1) is 23.1. The molecule has 1 aromatic carbocycles. The number of nitrogens with two attached hydrogens (primary N) is 1. The maximum Gasteiger partial charge on any atom is 0.189 e. The van der Waals surface area contributed by atoms with E-state index in [9.17, 15) is 4.79 Å². The van der Waals surface area contributed by atoms with E-state index in [1.54, 1.807) is 6.07 Å². The Morgan fingerprint density at radius 2 is 2.00 bits per heavy atom. The number of para-hydroxylation sites is 1. The number of benzene rings is 1. The average Bonchev–Trinajstić information content (AvgIpc) is 2.88. The molecule has 7 nitrogen and oxygen atoms in total. The van der Waals surface area contributed by atoms with Crippen molar-refractivity contribution in [3.8, 4) is 0 Å². The molecular weight excluding hydrogens is 436 g/mol. The number of hydrogen-bond acceptors (Lipinski definition) is 6. The molecule has 4 heterocycles. The van der Waals surface area contributed by atoms with Crippen molar-refractivity contribution in [3.63, 3.8) is 0 Å². The van der Waals surface area contributed by atoms with E-state index in [2.05, 4.69) is 43.0 Å². The lowest BCUT2D eigenvalue weighted by molar-refractivity contribution is 0.305. The van der Waals surface area contributed by atoms with Crippen molar-refractivity contribution in [2.45, 2.75) is 32.4 Å². The molecule has 0 amide bonds. The van der Waals surface area contributed by atoms with Gasteiger partial charge in [-0.15, -0.1) is 0 Å². The summed E-state index contributed by atoms with van der Waals surface area (Å²) < 4.78 is 2.12. The van der Waals surface area contributed by atoms with Gasteiger partial charge in [0.1, 0.15) is 5.82 Å².